The highest BCUT2D eigenvalue weighted by Gasteiger charge is 2.34. The monoisotopic (exact) mass is 360 g/mol. The normalized spacial score (nSPS) is 15.7. The molecule has 6 nitrogen and oxygen atoms in total. The van der Waals surface area contributed by atoms with Crippen molar-refractivity contribution in [3.63, 3.8) is 0 Å². The number of nitrogens with two attached hydrogens (primary N) is 1. The lowest BCUT2D eigenvalue weighted by Crippen LogP contribution is -2.20. The lowest BCUT2D eigenvalue weighted by molar-refractivity contribution is -0.142. The molecule has 1 saturated carbocycles. The minimum Gasteiger partial charge on any atom is -0.236 e. The molecule has 0 saturated heterocycles. The van der Waals surface area contributed by atoms with Crippen LogP contribution in [0.2, 0.25) is 0 Å². The maximum Gasteiger partial charge on any atom is 0.408 e. The molecule has 1 heterocycles. The SMILES string of the molecule is Cc1ccc(S(N)(=O)=O)cc1-c1nc(C2CC2)nn1CC(F)(F)F. The molecule has 1 aliphatic rings. The van der Waals surface area contributed by atoms with E-state index < -0.39 is 22.7 Å². The minimum absolute atomic E-state index is 0.00257. The number of halogens is 3. The third-order valence-corrected chi connectivity index (χ3v) is 4.65. The maximum atomic E-state index is 12.8. The summed E-state index contributed by atoms with van der Waals surface area (Å²) in [5.74, 6) is 0.423. The van der Waals surface area contributed by atoms with Crippen molar-refractivity contribution in [1.82, 2.24) is 14.8 Å². The number of hydrogen-bond donors (Lipinski definition) is 1. The predicted molar refractivity (Wildman–Crippen MR) is 79.6 cm³/mol. The van der Waals surface area contributed by atoms with Gasteiger partial charge in [-0.1, -0.05) is 6.07 Å². The number of aryl methyl sites for hydroxylation is 1. The second kappa shape index (κ2) is 5.55. The molecule has 0 unspecified atom stereocenters. The highest BCUT2D eigenvalue weighted by Crippen LogP contribution is 2.39. The van der Waals surface area contributed by atoms with Crippen molar-refractivity contribution in [2.75, 3.05) is 0 Å². The Hall–Kier alpha value is -1.94. The molecule has 1 aromatic heterocycles. The molecule has 0 radical (unpaired) electrons. The smallest absolute Gasteiger partial charge is 0.236 e. The first kappa shape index (κ1) is 16.9. The Balaban J connectivity index is 2.14. The average Bonchev–Trinajstić information content (AvgIpc) is 3.19. The van der Waals surface area contributed by atoms with Crippen molar-refractivity contribution in [3.8, 4) is 11.4 Å². The summed E-state index contributed by atoms with van der Waals surface area (Å²) >= 11 is 0. The molecule has 2 aromatic rings. The van der Waals surface area contributed by atoms with Crippen LogP contribution in [0, 0.1) is 6.92 Å². The molecule has 3 rings (SSSR count). The Bertz CT molecular complexity index is 886. The van der Waals surface area contributed by atoms with Gasteiger partial charge in [-0.05, 0) is 37.5 Å². The van der Waals surface area contributed by atoms with Gasteiger partial charge in [0.2, 0.25) is 10.0 Å². The van der Waals surface area contributed by atoms with Crippen molar-refractivity contribution in [3.05, 3.63) is 29.6 Å². The number of primary sulfonamides is 1. The number of hydrogen-bond acceptors (Lipinski definition) is 4. The number of nitrogens with zero attached hydrogens (tertiary/aromatic N) is 3. The van der Waals surface area contributed by atoms with Crippen LogP contribution in [0.4, 0.5) is 13.2 Å². The zero-order valence-electron chi connectivity index (χ0n) is 12.7. The van der Waals surface area contributed by atoms with Crippen molar-refractivity contribution >= 4 is 10.0 Å². The molecule has 0 bridgehead atoms. The van der Waals surface area contributed by atoms with E-state index in [0.29, 0.717) is 11.4 Å². The fourth-order valence-corrected chi connectivity index (χ4v) is 2.91. The van der Waals surface area contributed by atoms with Crippen LogP contribution in [-0.4, -0.2) is 29.4 Å². The van der Waals surface area contributed by atoms with E-state index in [-0.39, 0.29) is 22.2 Å². The largest absolute Gasteiger partial charge is 0.408 e. The van der Waals surface area contributed by atoms with Gasteiger partial charge in [0.15, 0.2) is 11.6 Å². The summed E-state index contributed by atoms with van der Waals surface area (Å²) in [6, 6.07) is 4.02. The molecular formula is C14H15F3N4O2S. The number of rotatable bonds is 4. The van der Waals surface area contributed by atoms with Gasteiger partial charge in [0.25, 0.3) is 0 Å². The van der Waals surface area contributed by atoms with Gasteiger partial charge >= 0.3 is 6.18 Å². The summed E-state index contributed by atoms with van der Waals surface area (Å²) in [7, 11) is -3.97. The number of benzene rings is 1. The molecule has 2 N–H and O–H groups in total. The summed E-state index contributed by atoms with van der Waals surface area (Å²) in [4.78, 5) is 4.04. The predicted octanol–water partition coefficient (Wildman–Crippen LogP) is 2.34. The summed E-state index contributed by atoms with van der Waals surface area (Å²) < 4.78 is 62.3. The first-order valence-corrected chi connectivity index (χ1v) is 8.74. The summed E-state index contributed by atoms with van der Waals surface area (Å²) in [6.45, 7) is 0.368. The van der Waals surface area contributed by atoms with E-state index in [1.165, 1.54) is 18.2 Å². The summed E-state index contributed by atoms with van der Waals surface area (Å²) in [6.07, 6.45) is -2.79. The van der Waals surface area contributed by atoms with Crippen LogP contribution in [0.5, 0.6) is 0 Å². The van der Waals surface area contributed by atoms with Crippen LogP contribution >= 0.6 is 0 Å². The van der Waals surface area contributed by atoms with Gasteiger partial charge in [0.1, 0.15) is 6.54 Å². The molecule has 24 heavy (non-hydrogen) atoms. The Morgan fingerprint density at radius 2 is 2.00 bits per heavy atom. The minimum atomic E-state index is -4.46. The van der Waals surface area contributed by atoms with E-state index >= 15 is 0 Å². The quantitative estimate of drug-likeness (QED) is 0.906. The standard InChI is InChI=1S/C14H15F3N4O2S/c1-8-2-5-10(24(18,22)23)6-11(8)13-19-12(9-3-4-9)20-21(13)7-14(15,16)17/h2,5-6,9H,3-4,7H2,1H3,(H2,18,22,23). The van der Waals surface area contributed by atoms with Crippen LogP contribution in [0.25, 0.3) is 11.4 Å². The topological polar surface area (TPSA) is 90.9 Å². The first-order valence-electron chi connectivity index (χ1n) is 7.20. The molecule has 10 heteroatoms. The van der Waals surface area contributed by atoms with Crippen LogP contribution in [0.15, 0.2) is 23.1 Å². The zero-order chi connectivity index (χ0) is 17.7. The van der Waals surface area contributed by atoms with E-state index in [9.17, 15) is 21.6 Å². The van der Waals surface area contributed by atoms with Crippen molar-refractivity contribution in [1.29, 1.82) is 0 Å². The van der Waals surface area contributed by atoms with E-state index in [1.54, 1.807) is 6.92 Å². The van der Waals surface area contributed by atoms with Crippen molar-refractivity contribution < 1.29 is 21.6 Å². The zero-order valence-corrected chi connectivity index (χ0v) is 13.5. The van der Waals surface area contributed by atoms with Crippen molar-refractivity contribution in [2.24, 2.45) is 5.14 Å². The van der Waals surface area contributed by atoms with Crippen LogP contribution in [0.1, 0.15) is 30.1 Å². The Morgan fingerprint density at radius 3 is 2.54 bits per heavy atom. The van der Waals surface area contributed by atoms with Crippen LogP contribution in [0.3, 0.4) is 0 Å². The van der Waals surface area contributed by atoms with Gasteiger partial charge in [-0.2, -0.15) is 18.3 Å². The Morgan fingerprint density at radius 1 is 1.33 bits per heavy atom. The Labute approximate surface area is 136 Å². The molecule has 1 aliphatic carbocycles. The number of alkyl halides is 3. The fourth-order valence-electron chi connectivity index (χ4n) is 2.37. The average molecular weight is 360 g/mol. The molecule has 0 spiro atoms. The second-order valence-electron chi connectivity index (χ2n) is 5.86. The highest BCUT2D eigenvalue weighted by atomic mass is 32.2. The molecule has 1 aromatic carbocycles. The van der Waals surface area contributed by atoms with E-state index in [1.807, 2.05) is 0 Å². The van der Waals surface area contributed by atoms with Gasteiger partial charge < -0.3 is 0 Å². The first-order chi connectivity index (χ1) is 11.0. The molecule has 0 atom stereocenters. The Kier molecular flexibility index (Phi) is 3.91. The van der Waals surface area contributed by atoms with E-state index in [2.05, 4.69) is 10.1 Å². The molecule has 130 valence electrons. The molecular weight excluding hydrogens is 345 g/mol. The molecule has 1 fully saturated rings. The van der Waals surface area contributed by atoms with Crippen LogP contribution < -0.4 is 5.14 Å². The fraction of sp³-hybridized carbons (Fsp3) is 0.429. The van der Waals surface area contributed by atoms with Gasteiger partial charge in [-0.25, -0.2) is 23.2 Å². The van der Waals surface area contributed by atoms with E-state index in [4.69, 9.17) is 5.14 Å². The van der Waals surface area contributed by atoms with Crippen LogP contribution in [-0.2, 0) is 16.6 Å². The van der Waals surface area contributed by atoms with E-state index in [0.717, 1.165) is 17.5 Å². The maximum absolute atomic E-state index is 12.8. The number of sulfonamides is 1. The highest BCUT2D eigenvalue weighted by molar-refractivity contribution is 7.89. The van der Waals surface area contributed by atoms with Gasteiger partial charge in [-0.15, -0.1) is 0 Å². The lowest BCUT2D eigenvalue weighted by Gasteiger charge is -2.11. The van der Waals surface area contributed by atoms with Gasteiger partial charge in [0.05, 0.1) is 4.90 Å². The van der Waals surface area contributed by atoms with Gasteiger partial charge in [-0.3, -0.25) is 0 Å². The van der Waals surface area contributed by atoms with Crippen molar-refractivity contribution in [2.45, 2.75) is 43.3 Å². The van der Waals surface area contributed by atoms with Gasteiger partial charge in [0, 0.05) is 11.5 Å². The molecule has 0 amide bonds. The third-order valence-electron chi connectivity index (χ3n) is 3.74. The summed E-state index contributed by atoms with van der Waals surface area (Å²) in [5.41, 5.74) is 0.853. The molecule has 0 aliphatic heterocycles. The number of aromatic nitrogens is 3. The second-order valence-corrected chi connectivity index (χ2v) is 7.42. The lowest BCUT2D eigenvalue weighted by atomic mass is 10.1. The summed E-state index contributed by atoms with van der Waals surface area (Å²) in [5, 5.41) is 9.08. The third kappa shape index (κ3) is 3.59.